The minimum atomic E-state index is -1.10. The largest absolute Gasteiger partial charge is 0.507 e. The summed E-state index contributed by atoms with van der Waals surface area (Å²) < 4.78 is 5.08. The van der Waals surface area contributed by atoms with Gasteiger partial charge in [0.25, 0.3) is 11.8 Å². The molecule has 1 heterocycles. The summed E-state index contributed by atoms with van der Waals surface area (Å²) in [5.74, 6) is -2.81. The number of benzene rings is 1. The predicted molar refractivity (Wildman–Crippen MR) is 84.5 cm³/mol. The summed E-state index contributed by atoms with van der Waals surface area (Å²) in [5.41, 5.74) is -0.863. The maximum atomic E-state index is 12.1. The Kier molecular flexibility index (Phi) is 4.96. The standard InChI is InChI=1S/C16H18N2O7/c1-16(2,3)24-15(23)17-9-4-5-11(19)10(8-9)14(22)25-18-12(20)6-7-13(18)21/h4-5,8,19H,6-7H2,1-3H3,(H,17,23). The van der Waals surface area contributed by atoms with Gasteiger partial charge < -0.3 is 14.7 Å². The number of phenols is 1. The molecule has 1 fully saturated rings. The topological polar surface area (TPSA) is 122 Å². The third-order valence-electron chi connectivity index (χ3n) is 3.04. The molecule has 1 aliphatic rings. The smallest absolute Gasteiger partial charge is 0.412 e. The molecule has 9 heteroatoms. The van der Waals surface area contributed by atoms with Crippen LogP contribution in [-0.4, -0.2) is 39.6 Å². The zero-order valence-corrected chi connectivity index (χ0v) is 14.0. The third kappa shape index (κ3) is 4.69. The molecule has 2 N–H and O–H groups in total. The molecule has 0 saturated carbocycles. The number of hydrogen-bond donors (Lipinski definition) is 2. The zero-order valence-electron chi connectivity index (χ0n) is 14.0. The van der Waals surface area contributed by atoms with Crippen molar-refractivity contribution in [1.82, 2.24) is 5.06 Å². The van der Waals surface area contributed by atoms with Gasteiger partial charge in [0.2, 0.25) is 0 Å². The zero-order chi connectivity index (χ0) is 18.8. The van der Waals surface area contributed by atoms with E-state index in [0.717, 1.165) is 12.1 Å². The first-order valence-electron chi connectivity index (χ1n) is 7.48. The van der Waals surface area contributed by atoms with E-state index in [1.165, 1.54) is 6.07 Å². The molecule has 0 aromatic heterocycles. The lowest BCUT2D eigenvalue weighted by atomic mass is 10.2. The van der Waals surface area contributed by atoms with Crippen molar-refractivity contribution in [3.05, 3.63) is 23.8 Å². The molecule has 3 amide bonds. The molecular formula is C16H18N2O7. The number of nitrogens with one attached hydrogen (secondary N) is 1. The summed E-state index contributed by atoms with van der Waals surface area (Å²) in [5, 5.41) is 12.6. The molecule has 0 atom stereocenters. The van der Waals surface area contributed by atoms with Crippen molar-refractivity contribution < 1.29 is 33.9 Å². The number of carbonyl (C=O) groups is 4. The van der Waals surface area contributed by atoms with Crippen molar-refractivity contribution in [2.24, 2.45) is 0 Å². The Hall–Kier alpha value is -3.10. The Morgan fingerprint density at radius 3 is 2.32 bits per heavy atom. The molecule has 1 aliphatic heterocycles. The van der Waals surface area contributed by atoms with Gasteiger partial charge in [-0.25, -0.2) is 9.59 Å². The van der Waals surface area contributed by atoms with Gasteiger partial charge in [-0.2, -0.15) is 0 Å². The Bertz CT molecular complexity index is 720. The van der Waals surface area contributed by atoms with Crippen LogP contribution in [0.4, 0.5) is 10.5 Å². The molecule has 0 radical (unpaired) electrons. The van der Waals surface area contributed by atoms with E-state index in [9.17, 15) is 24.3 Å². The fourth-order valence-corrected chi connectivity index (χ4v) is 1.99. The lowest BCUT2D eigenvalue weighted by molar-refractivity contribution is -0.172. The van der Waals surface area contributed by atoms with Crippen LogP contribution in [-0.2, 0) is 19.2 Å². The summed E-state index contributed by atoms with van der Waals surface area (Å²) in [6, 6.07) is 3.66. The van der Waals surface area contributed by atoms with Crippen LogP contribution >= 0.6 is 0 Å². The van der Waals surface area contributed by atoms with Gasteiger partial charge in [-0.05, 0) is 39.0 Å². The summed E-state index contributed by atoms with van der Waals surface area (Å²) >= 11 is 0. The van der Waals surface area contributed by atoms with Crippen LogP contribution in [0, 0.1) is 0 Å². The van der Waals surface area contributed by atoms with Crippen LogP contribution < -0.4 is 5.32 Å². The van der Waals surface area contributed by atoms with E-state index in [1.807, 2.05) is 0 Å². The summed E-state index contributed by atoms with van der Waals surface area (Å²) in [7, 11) is 0. The van der Waals surface area contributed by atoms with E-state index >= 15 is 0 Å². The van der Waals surface area contributed by atoms with Gasteiger partial charge in [0.1, 0.15) is 16.9 Å². The highest BCUT2D eigenvalue weighted by molar-refractivity contribution is 6.03. The number of hydroxylamine groups is 2. The van der Waals surface area contributed by atoms with E-state index < -0.39 is 35.2 Å². The number of imide groups is 1. The normalized spacial score (nSPS) is 14.4. The molecule has 1 saturated heterocycles. The number of phenolic OH excluding ortho intramolecular Hbond substituents is 1. The molecule has 0 aliphatic carbocycles. The van der Waals surface area contributed by atoms with Crippen LogP contribution in [0.3, 0.4) is 0 Å². The van der Waals surface area contributed by atoms with Crippen LogP contribution in [0.1, 0.15) is 44.0 Å². The molecule has 9 nitrogen and oxygen atoms in total. The highest BCUT2D eigenvalue weighted by atomic mass is 16.7. The van der Waals surface area contributed by atoms with E-state index in [0.29, 0.717) is 5.06 Å². The second-order valence-corrected chi connectivity index (χ2v) is 6.32. The second-order valence-electron chi connectivity index (χ2n) is 6.32. The van der Waals surface area contributed by atoms with Gasteiger partial charge >= 0.3 is 12.1 Å². The number of hydrogen-bond acceptors (Lipinski definition) is 7. The first-order valence-corrected chi connectivity index (χ1v) is 7.48. The highest BCUT2D eigenvalue weighted by Gasteiger charge is 2.33. The molecule has 0 unspecified atom stereocenters. The number of ether oxygens (including phenoxy) is 1. The quantitative estimate of drug-likeness (QED) is 0.631. The van der Waals surface area contributed by atoms with E-state index in [-0.39, 0.29) is 24.1 Å². The lowest BCUT2D eigenvalue weighted by Crippen LogP contribution is -2.32. The summed E-state index contributed by atoms with van der Waals surface area (Å²) in [6.45, 7) is 5.07. The Labute approximate surface area is 143 Å². The number of carbonyl (C=O) groups excluding carboxylic acids is 4. The Balaban J connectivity index is 2.13. The van der Waals surface area contributed by atoms with Crippen LogP contribution in [0.25, 0.3) is 0 Å². The maximum Gasteiger partial charge on any atom is 0.412 e. The number of rotatable bonds is 3. The Morgan fingerprint density at radius 1 is 1.16 bits per heavy atom. The molecule has 1 aromatic rings. The van der Waals surface area contributed by atoms with Crippen molar-refractivity contribution in [3.63, 3.8) is 0 Å². The first kappa shape index (κ1) is 18.2. The Morgan fingerprint density at radius 2 is 1.76 bits per heavy atom. The van der Waals surface area contributed by atoms with Gasteiger partial charge in [0.15, 0.2) is 0 Å². The SMILES string of the molecule is CC(C)(C)OC(=O)Nc1ccc(O)c(C(=O)ON2C(=O)CCC2=O)c1. The summed E-state index contributed by atoms with van der Waals surface area (Å²) in [6.07, 6.45) is -0.834. The van der Waals surface area contributed by atoms with Crippen LogP contribution in [0.15, 0.2) is 18.2 Å². The first-order chi connectivity index (χ1) is 11.6. The van der Waals surface area contributed by atoms with Crippen molar-refractivity contribution >= 4 is 29.6 Å². The van der Waals surface area contributed by atoms with Crippen molar-refractivity contribution in [3.8, 4) is 5.75 Å². The molecular weight excluding hydrogens is 332 g/mol. The molecule has 25 heavy (non-hydrogen) atoms. The summed E-state index contributed by atoms with van der Waals surface area (Å²) in [4.78, 5) is 51.5. The van der Waals surface area contributed by atoms with Crippen molar-refractivity contribution in [1.29, 1.82) is 0 Å². The van der Waals surface area contributed by atoms with Gasteiger partial charge in [0, 0.05) is 18.5 Å². The number of amides is 3. The number of nitrogens with zero attached hydrogens (tertiary/aromatic N) is 1. The van der Waals surface area contributed by atoms with E-state index in [2.05, 4.69) is 5.32 Å². The van der Waals surface area contributed by atoms with Gasteiger partial charge in [0.05, 0.1) is 0 Å². The fraction of sp³-hybridized carbons (Fsp3) is 0.375. The maximum absolute atomic E-state index is 12.1. The van der Waals surface area contributed by atoms with Crippen LogP contribution in [0.2, 0.25) is 0 Å². The molecule has 1 aromatic carbocycles. The number of aromatic hydroxyl groups is 1. The highest BCUT2D eigenvalue weighted by Crippen LogP contribution is 2.24. The van der Waals surface area contributed by atoms with Gasteiger partial charge in [-0.1, -0.05) is 0 Å². The van der Waals surface area contributed by atoms with E-state index in [4.69, 9.17) is 9.57 Å². The minimum absolute atomic E-state index is 0.0433. The average molecular weight is 350 g/mol. The molecule has 0 bridgehead atoms. The minimum Gasteiger partial charge on any atom is -0.507 e. The second kappa shape index (κ2) is 6.80. The van der Waals surface area contributed by atoms with Gasteiger partial charge in [-0.3, -0.25) is 14.9 Å². The van der Waals surface area contributed by atoms with Gasteiger partial charge in [-0.15, -0.1) is 5.06 Å². The number of anilines is 1. The predicted octanol–water partition coefficient (Wildman–Crippen LogP) is 1.96. The fourth-order valence-electron chi connectivity index (χ4n) is 1.99. The molecule has 2 rings (SSSR count). The monoisotopic (exact) mass is 350 g/mol. The molecule has 134 valence electrons. The van der Waals surface area contributed by atoms with Crippen LogP contribution in [0.5, 0.6) is 5.75 Å². The molecule has 0 spiro atoms. The lowest BCUT2D eigenvalue weighted by Gasteiger charge is -2.20. The third-order valence-corrected chi connectivity index (χ3v) is 3.04. The van der Waals surface area contributed by atoms with Crippen molar-refractivity contribution in [2.75, 3.05) is 5.32 Å². The van der Waals surface area contributed by atoms with E-state index in [1.54, 1.807) is 20.8 Å². The average Bonchev–Trinajstić information content (AvgIpc) is 2.79. The van der Waals surface area contributed by atoms with Crippen molar-refractivity contribution in [2.45, 2.75) is 39.2 Å².